The van der Waals surface area contributed by atoms with Crippen LogP contribution in [0.4, 0.5) is 4.79 Å². The van der Waals surface area contributed by atoms with Crippen molar-refractivity contribution in [3.8, 4) is 0 Å². The molecule has 13 nitrogen and oxygen atoms in total. The van der Waals surface area contributed by atoms with Crippen LogP contribution < -0.4 is 9.92 Å². The number of azo groups is 1. The SMILES string of the molecule is CC(C)C(N=NCC(C(=O)O)[n+]1ccn(C(=O)O)c1)=NN=c1ccn(CCC(=O)O)cc1. The van der Waals surface area contributed by atoms with Crippen molar-refractivity contribution in [2.24, 2.45) is 26.3 Å². The number of aliphatic carboxylic acids is 2. The molecule has 0 aliphatic carbocycles. The molecular formula is C19H24N7O6+. The second kappa shape index (κ2) is 11.3. The molecule has 13 heteroatoms. The van der Waals surface area contributed by atoms with Gasteiger partial charge in [0.1, 0.15) is 18.9 Å². The Morgan fingerprint density at radius 2 is 1.78 bits per heavy atom. The minimum absolute atomic E-state index is 0.00778. The van der Waals surface area contributed by atoms with Gasteiger partial charge in [0.2, 0.25) is 6.04 Å². The van der Waals surface area contributed by atoms with Crippen molar-refractivity contribution < 1.29 is 34.3 Å². The number of carboxylic acids is 2. The van der Waals surface area contributed by atoms with Crippen LogP contribution >= 0.6 is 0 Å². The summed E-state index contributed by atoms with van der Waals surface area (Å²) in [5.74, 6) is -1.93. The van der Waals surface area contributed by atoms with Crippen LogP contribution in [0.3, 0.4) is 0 Å². The van der Waals surface area contributed by atoms with E-state index in [1.807, 2.05) is 13.8 Å². The first-order valence-corrected chi connectivity index (χ1v) is 9.59. The van der Waals surface area contributed by atoms with Gasteiger partial charge in [-0.25, -0.2) is 9.36 Å². The molecule has 0 aromatic carbocycles. The number of rotatable bonds is 9. The van der Waals surface area contributed by atoms with Gasteiger partial charge in [-0.3, -0.25) is 4.79 Å². The first-order chi connectivity index (χ1) is 15.2. The number of nitrogens with zero attached hydrogens (tertiary/aromatic N) is 7. The van der Waals surface area contributed by atoms with Gasteiger partial charge in [0.25, 0.3) is 6.33 Å². The lowest BCUT2D eigenvalue weighted by molar-refractivity contribution is -0.707. The second-order valence-corrected chi connectivity index (χ2v) is 6.98. The van der Waals surface area contributed by atoms with Crippen molar-refractivity contribution in [2.45, 2.75) is 32.9 Å². The zero-order valence-electron chi connectivity index (χ0n) is 17.5. The van der Waals surface area contributed by atoms with E-state index < -0.39 is 24.1 Å². The lowest BCUT2D eigenvalue weighted by Crippen LogP contribution is -2.44. The highest BCUT2D eigenvalue weighted by atomic mass is 16.4. The van der Waals surface area contributed by atoms with Crippen LogP contribution in [-0.2, 0) is 16.1 Å². The fourth-order valence-electron chi connectivity index (χ4n) is 2.41. The molecule has 0 aliphatic rings. The number of hydrogen-bond acceptors (Lipinski definition) is 6. The number of aryl methyl sites for hydroxylation is 1. The number of amidine groups is 1. The average molecular weight is 446 g/mol. The molecule has 2 heterocycles. The van der Waals surface area contributed by atoms with Gasteiger partial charge in [-0.1, -0.05) is 13.8 Å². The van der Waals surface area contributed by atoms with Gasteiger partial charge in [-0.15, -0.1) is 19.9 Å². The van der Waals surface area contributed by atoms with Crippen LogP contribution in [0.1, 0.15) is 26.3 Å². The Bertz CT molecular complexity index is 1080. The Labute approximate surface area is 182 Å². The van der Waals surface area contributed by atoms with Crippen LogP contribution in [0.2, 0.25) is 0 Å². The van der Waals surface area contributed by atoms with E-state index in [1.54, 1.807) is 29.1 Å². The first-order valence-electron chi connectivity index (χ1n) is 9.59. The van der Waals surface area contributed by atoms with Crippen molar-refractivity contribution in [1.29, 1.82) is 0 Å². The minimum Gasteiger partial charge on any atom is -0.481 e. The third-order valence-corrected chi connectivity index (χ3v) is 4.19. The van der Waals surface area contributed by atoms with Crippen molar-refractivity contribution in [2.75, 3.05) is 6.54 Å². The van der Waals surface area contributed by atoms with Gasteiger partial charge >= 0.3 is 18.0 Å². The molecule has 0 aliphatic heterocycles. The number of aromatic nitrogens is 3. The molecule has 2 aromatic rings. The first kappa shape index (κ1) is 24.1. The molecule has 0 amide bonds. The third-order valence-electron chi connectivity index (χ3n) is 4.19. The summed E-state index contributed by atoms with van der Waals surface area (Å²) in [6.45, 7) is 3.76. The van der Waals surface area contributed by atoms with Gasteiger partial charge in [0, 0.05) is 24.9 Å². The molecule has 0 fully saturated rings. The smallest absolute Gasteiger partial charge is 0.481 e. The Morgan fingerprint density at radius 3 is 2.31 bits per heavy atom. The zero-order valence-corrected chi connectivity index (χ0v) is 17.5. The molecule has 170 valence electrons. The van der Waals surface area contributed by atoms with Gasteiger partial charge in [0.15, 0.2) is 5.84 Å². The van der Waals surface area contributed by atoms with E-state index in [0.29, 0.717) is 11.9 Å². The minimum atomic E-state index is -1.24. The number of carbonyl (C=O) groups is 3. The summed E-state index contributed by atoms with van der Waals surface area (Å²) in [5, 5.41) is 43.7. The molecule has 0 saturated heterocycles. The summed E-state index contributed by atoms with van der Waals surface area (Å²) in [4.78, 5) is 33.1. The molecule has 32 heavy (non-hydrogen) atoms. The Morgan fingerprint density at radius 1 is 1.09 bits per heavy atom. The summed E-state index contributed by atoms with van der Waals surface area (Å²) in [7, 11) is 0. The average Bonchev–Trinajstić information content (AvgIpc) is 3.22. The predicted octanol–water partition coefficient (Wildman–Crippen LogP) is 1.23. The fraction of sp³-hybridized carbons (Fsp3) is 0.368. The molecule has 2 rings (SSSR count). The highest BCUT2D eigenvalue weighted by molar-refractivity contribution is 5.84. The molecule has 0 bridgehead atoms. The van der Waals surface area contributed by atoms with E-state index in [0.717, 1.165) is 10.9 Å². The normalized spacial score (nSPS) is 12.8. The van der Waals surface area contributed by atoms with E-state index >= 15 is 0 Å². The number of hydrogen-bond donors (Lipinski definition) is 3. The van der Waals surface area contributed by atoms with E-state index in [2.05, 4.69) is 20.4 Å². The lowest BCUT2D eigenvalue weighted by Gasteiger charge is -2.05. The Balaban J connectivity index is 2.13. The maximum absolute atomic E-state index is 11.5. The standard InChI is InChI=1S/C19H23N7O6/c1-13(2)17(23-21-14-3-6-24(7-4-14)8-5-16(27)28)22-20-11-15(18(29)30)25-9-10-26(12-25)19(31)32/h3-4,6-7,9-10,12-13,15H,5,8,11H2,1-2H3,(H2-,27,28,29,30,31,32)/p+1. The summed E-state index contributed by atoms with van der Waals surface area (Å²) in [6, 6.07) is 2.20. The molecule has 1 unspecified atom stereocenters. The Kier molecular flexibility index (Phi) is 8.51. The zero-order chi connectivity index (χ0) is 23.7. The maximum Gasteiger partial charge on any atom is 0.509 e. The van der Waals surface area contributed by atoms with Gasteiger partial charge < -0.3 is 19.9 Å². The largest absolute Gasteiger partial charge is 0.509 e. The van der Waals surface area contributed by atoms with E-state index in [1.165, 1.54) is 17.0 Å². The van der Waals surface area contributed by atoms with Gasteiger partial charge in [-0.2, -0.15) is 9.91 Å². The lowest BCUT2D eigenvalue weighted by atomic mass is 10.2. The third kappa shape index (κ3) is 7.27. The summed E-state index contributed by atoms with van der Waals surface area (Å²) in [5.41, 5.74) is 0. The van der Waals surface area contributed by atoms with Crippen LogP contribution in [0.5, 0.6) is 0 Å². The van der Waals surface area contributed by atoms with Crippen molar-refractivity contribution in [1.82, 2.24) is 9.13 Å². The van der Waals surface area contributed by atoms with Crippen molar-refractivity contribution in [3.05, 3.63) is 48.6 Å². The van der Waals surface area contributed by atoms with Crippen molar-refractivity contribution in [3.63, 3.8) is 0 Å². The monoisotopic (exact) mass is 446 g/mol. The molecule has 2 aromatic heterocycles. The van der Waals surface area contributed by atoms with Crippen molar-refractivity contribution >= 4 is 23.9 Å². The summed E-state index contributed by atoms with van der Waals surface area (Å²) >= 11 is 0. The quantitative estimate of drug-likeness (QED) is 0.172. The fourth-order valence-corrected chi connectivity index (χ4v) is 2.41. The van der Waals surface area contributed by atoms with Crippen LogP contribution in [0.15, 0.2) is 63.7 Å². The van der Waals surface area contributed by atoms with E-state index in [9.17, 15) is 19.5 Å². The Hall–Kier alpha value is -4.16. The molecule has 0 radical (unpaired) electrons. The van der Waals surface area contributed by atoms with Gasteiger partial charge in [0.05, 0.1) is 11.8 Å². The molecular weight excluding hydrogens is 422 g/mol. The highest BCUT2D eigenvalue weighted by Crippen LogP contribution is 2.04. The number of pyridine rings is 1. The maximum atomic E-state index is 11.5. The van der Waals surface area contributed by atoms with Crippen LogP contribution in [-0.4, -0.2) is 54.9 Å². The molecule has 0 saturated carbocycles. The summed E-state index contributed by atoms with van der Waals surface area (Å²) < 4.78 is 3.76. The second-order valence-electron chi connectivity index (χ2n) is 6.98. The molecule has 3 N–H and O–H groups in total. The van der Waals surface area contributed by atoms with E-state index in [4.69, 9.17) is 10.2 Å². The topological polar surface area (TPSA) is 175 Å². The van der Waals surface area contributed by atoms with E-state index in [-0.39, 0.29) is 24.7 Å². The van der Waals surface area contributed by atoms with Gasteiger partial charge in [-0.05, 0) is 12.1 Å². The highest BCUT2D eigenvalue weighted by Gasteiger charge is 2.26. The molecule has 0 spiro atoms. The predicted molar refractivity (Wildman–Crippen MR) is 109 cm³/mol. The number of carboxylic acid groups (broad SMARTS) is 3. The number of imidazole rings is 1. The van der Waals surface area contributed by atoms with Crippen LogP contribution in [0.25, 0.3) is 0 Å². The molecule has 1 atom stereocenters. The van der Waals surface area contributed by atoms with Crippen LogP contribution in [0, 0.1) is 5.92 Å². The summed E-state index contributed by atoms with van der Waals surface area (Å²) in [6.07, 6.45) is 5.83.